The van der Waals surface area contributed by atoms with Gasteiger partial charge in [0.2, 0.25) is 5.78 Å². The van der Waals surface area contributed by atoms with Crippen LogP contribution in [0, 0.1) is 0 Å². The molecule has 0 aromatic carbocycles. The van der Waals surface area contributed by atoms with E-state index in [1.165, 1.54) is 0 Å². The van der Waals surface area contributed by atoms with E-state index in [9.17, 15) is 13.6 Å². The number of rotatable bonds is 3. The molecule has 66 valence electrons. The highest BCUT2D eigenvalue weighted by Gasteiger charge is 2.19. The fraction of sp³-hybridized carbons (Fsp3) is 0.857. The van der Waals surface area contributed by atoms with Crippen LogP contribution in [0.3, 0.4) is 0 Å². The van der Waals surface area contributed by atoms with Crippen molar-refractivity contribution in [3.63, 3.8) is 0 Å². The van der Waals surface area contributed by atoms with E-state index >= 15 is 0 Å². The number of alkyl halides is 2. The van der Waals surface area contributed by atoms with Gasteiger partial charge < -0.3 is 4.74 Å². The molecule has 0 bridgehead atoms. The van der Waals surface area contributed by atoms with Crippen molar-refractivity contribution in [2.45, 2.75) is 32.8 Å². The second-order valence-electron chi connectivity index (χ2n) is 3.17. The number of carbonyl (C=O) groups is 1. The van der Waals surface area contributed by atoms with Crippen LogP contribution in [0.25, 0.3) is 0 Å². The zero-order valence-electron chi connectivity index (χ0n) is 6.86. The number of ether oxygens (including phenoxy) is 1. The lowest BCUT2D eigenvalue weighted by molar-refractivity contribution is -0.139. The van der Waals surface area contributed by atoms with Crippen LogP contribution >= 0.6 is 0 Å². The molecule has 0 N–H and O–H groups in total. The lowest BCUT2D eigenvalue weighted by Gasteiger charge is -2.18. The monoisotopic (exact) mass is 166 g/mol. The van der Waals surface area contributed by atoms with Gasteiger partial charge in [0.25, 0.3) is 6.43 Å². The quantitative estimate of drug-likeness (QED) is 0.637. The molecule has 0 saturated heterocycles. The summed E-state index contributed by atoms with van der Waals surface area (Å²) in [5.74, 6) is -1.17. The Kier molecular flexibility index (Phi) is 3.58. The average molecular weight is 166 g/mol. The second-order valence-corrected chi connectivity index (χ2v) is 3.17. The van der Waals surface area contributed by atoms with E-state index in [1.54, 1.807) is 20.8 Å². The number of hydrogen-bond acceptors (Lipinski definition) is 2. The molecule has 0 aliphatic heterocycles. The molecule has 0 amide bonds. The summed E-state index contributed by atoms with van der Waals surface area (Å²) in [6, 6.07) is 0. The summed E-state index contributed by atoms with van der Waals surface area (Å²) in [5.41, 5.74) is -0.537. The molecule has 0 aliphatic carbocycles. The molecule has 0 aliphatic rings. The van der Waals surface area contributed by atoms with E-state index in [1.807, 2.05) is 0 Å². The third-order valence-electron chi connectivity index (χ3n) is 0.891. The topological polar surface area (TPSA) is 26.3 Å². The van der Waals surface area contributed by atoms with Gasteiger partial charge in [-0.1, -0.05) is 0 Å². The van der Waals surface area contributed by atoms with Crippen LogP contribution in [0.2, 0.25) is 0 Å². The SMILES string of the molecule is CC(C)(C)OCC(=O)C(F)F. The van der Waals surface area contributed by atoms with E-state index in [-0.39, 0.29) is 0 Å². The first kappa shape index (κ1) is 10.5. The van der Waals surface area contributed by atoms with Gasteiger partial charge in [0.05, 0.1) is 5.60 Å². The lowest BCUT2D eigenvalue weighted by atomic mass is 10.2. The molecule has 0 aromatic heterocycles. The maximum Gasteiger partial charge on any atom is 0.298 e. The summed E-state index contributed by atoms with van der Waals surface area (Å²) < 4.78 is 28.0. The van der Waals surface area contributed by atoms with Gasteiger partial charge in [-0.3, -0.25) is 4.79 Å². The van der Waals surface area contributed by atoms with Gasteiger partial charge in [-0.25, -0.2) is 8.78 Å². The van der Waals surface area contributed by atoms with Crippen LogP contribution < -0.4 is 0 Å². The highest BCUT2D eigenvalue weighted by molar-refractivity contribution is 5.82. The Balaban J connectivity index is 3.64. The van der Waals surface area contributed by atoms with Gasteiger partial charge >= 0.3 is 0 Å². The van der Waals surface area contributed by atoms with Crippen molar-refractivity contribution in [3.8, 4) is 0 Å². The van der Waals surface area contributed by atoms with Crippen molar-refractivity contribution in [3.05, 3.63) is 0 Å². The maximum absolute atomic E-state index is 11.6. The number of Topliss-reactive ketones (excluding diaryl/α,β-unsaturated/α-hetero) is 1. The number of halogens is 2. The van der Waals surface area contributed by atoms with E-state index in [2.05, 4.69) is 0 Å². The van der Waals surface area contributed by atoms with E-state index < -0.39 is 24.4 Å². The molecular formula is C7H12F2O2. The summed E-state index contributed by atoms with van der Waals surface area (Å²) in [5, 5.41) is 0. The minimum absolute atomic E-state index is 0.513. The fourth-order valence-electron chi connectivity index (χ4n) is 0.351. The minimum atomic E-state index is -2.92. The zero-order chi connectivity index (χ0) is 9.07. The molecule has 0 aromatic rings. The molecule has 0 spiro atoms. The van der Waals surface area contributed by atoms with Crippen molar-refractivity contribution in [1.82, 2.24) is 0 Å². The van der Waals surface area contributed by atoms with Gasteiger partial charge in [0.1, 0.15) is 6.61 Å². The van der Waals surface area contributed by atoms with Crippen LogP contribution in [-0.4, -0.2) is 24.4 Å². The first-order valence-electron chi connectivity index (χ1n) is 3.28. The number of carbonyl (C=O) groups excluding carboxylic acids is 1. The Hall–Kier alpha value is -0.510. The summed E-state index contributed by atoms with van der Waals surface area (Å²) >= 11 is 0. The van der Waals surface area contributed by atoms with Gasteiger partial charge in [-0.2, -0.15) is 0 Å². The van der Waals surface area contributed by atoms with Crippen molar-refractivity contribution in [2.75, 3.05) is 6.61 Å². The standard InChI is InChI=1S/C7H12F2O2/c1-7(2,3)11-4-5(10)6(8)9/h6H,4H2,1-3H3. The first-order chi connectivity index (χ1) is 4.83. The summed E-state index contributed by atoms with van der Waals surface area (Å²) in [4.78, 5) is 10.3. The van der Waals surface area contributed by atoms with Crippen LogP contribution in [0.15, 0.2) is 0 Å². The molecule has 0 radical (unpaired) electrons. The average Bonchev–Trinajstić information content (AvgIpc) is 1.80. The Morgan fingerprint density at radius 1 is 1.45 bits per heavy atom. The smallest absolute Gasteiger partial charge is 0.298 e. The Morgan fingerprint density at radius 2 is 1.91 bits per heavy atom. The predicted octanol–water partition coefficient (Wildman–Crippen LogP) is 1.64. The zero-order valence-corrected chi connectivity index (χ0v) is 6.86. The van der Waals surface area contributed by atoms with Gasteiger partial charge in [0.15, 0.2) is 0 Å². The second kappa shape index (κ2) is 3.76. The van der Waals surface area contributed by atoms with Crippen LogP contribution in [0.5, 0.6) is 0 Å². The first-order valence-corrected chi connectivity index (χ1v) is 3.28. The van der Waals surface area contributed by atoms with E-state index in [0.29, 0.717) is 0 Å². The fourth-order valence-corrected chi connectivity index (χ4v) is 0.351. The van der Waals surface area contributed by atoms with Crippen LogP contribution in [0.4, 0.5) is 8.78 Å². The molecule has 2 nitrogen and oxygen atoms in total. The Morgan fingerprint density at radius 3 is 2.18 bits per heavy atom. The predicted molar refractivity (Wildman–Crippen MR) is 36.7 cm³/mol. The van der Waals surface area contributed by atoms with Crippen LogP contribution in [0.1, 0.15) is 20.8 Å². The largest absolute Gasteiger partial charge is 0.368 e. The molecule has 0 saturated carbocycles. The van der Waals surface area contributed by atoms with Gasteiger partial charge in [0, 0.05) is 0 Å². The van der Waals surface area contributed by atoms with Crippen molar-refractivity contribution < 1.29 is 18.3 Å². The Bertz CT molecular complexity index is 138. The third kappa shape index (κ3) is 5.91. The minimum Gasteiger partial charge on any atom is -0.368 e. The summed E-state index contributed by atoms with van der Waals surface area (Å²) in [7, 11) is 0. The maximum atomic E-state index is 11.6. The summed E-state index contributed by atoms with van der Waals surface area (Å²) in [6.07, 6.45) is -2.92. The van der Waals surface area contributed by atoms with Gasteiger partial charge in [-0.05, 0) is 20.8 Å². The van der Waals surface area contributed by atoms with Crippen molar-refractivity contribution >= 4 is 5.78 Å². The number of hydrogen-bond donors (Lipinski definition) is 0. The molecule has 0 fully saturated rings. The van der Waals surface area contributed by atoms with E-state index in [4.69, 9.17) is 4.74 Å². The summed E-state index contributed by atoms with van der Waals surface area (Å²) in [6.45, 7) is 4.59. The molecule has 4 heteroatoms. The molecule has 0 rings (SSSR count). The third-order valence-corrected chi connectivity index (χ3v) is 0.891. The highest BCUT2D eigenvalue weighted by Crippen LogP contribution is 2.07. The lowest BCUT2D eigenvalue weighted by Crippen LogP contribution is -2.26. The van der Waals surface area contributed by atoms with Crippen molar-refractivity contribution in [1.29, 1.82) is 0 Å². The van der Waals surface area contributed by atoms with Crippen molar-refractivity contribution in [2.24, 2.45) is 0 Å². The highest BCUT2D eigenvalue weighted by atomic mass is 19.3. The molecule has 0 unspecified atom stereocenters. The normalized spacial score (nSPS) is 12.2. The van der Waals surface area contributed by atoms with Crippen LogP contribution in [-0.2, 0) is 9.53 Å². The molecule has 11 heavy (non-hydrogen) atoms. The molecular weight excluding hydrogens is 154 g/mol. The molecule has 0 atom stereocenters. The number of ketones is 1. The van der Waals surface area contributed by atoms with E-state index in [0.717, 1.165) is 0 Å². The Labute approximate surface area is 64.5 Å². The molecule has 0 heterocycles. The van der Waals surface area contributed by atoms with Gasteiger partial charge in [-0.15, -0.1) is 0 Å².